The lowest BCUT2D eigenvalue weighted by atomic mass is 10.1. The maximum absolute atomic E-state index is 11.3. The molecule has 0 aliphatic carbocycles. The lowest BCUT2D eigenvalue weighted by molar-refractivity contribution is -0.384. The molecule has 18 heavy (non-hydrogen) atoms. The highest BCUT2D eigenvalue weighted by molar-refractivity contribution is 5.69. The van der Waals surface area contributed by atoms with Crippen LogP contribution in [0.5, 0.6) is 0 Å². The summed E-state index contributed by atoms with van der Waals surface area (Å²) in [5, 5.41) is 13.5. The average Bonchev–Trinajstić information content (AvgIpc) is 2.74. The SMILES string of the molecule is CNc1cc(CN2CCOC2=O)ccc1[N+](=O)[O-]. The number of hydrogen-bond acceptors (Lipinski definition) is 5. The zero-order valence-electron chi connectivity index (χ0n) is 9.88. The van der Waals surface area contributed by atoms with Crippen LogP contribution >= 0.6 is 0 Å². The molecule has 1 aliphatic heterocycles. The molecule has 1 aromatic carbocycles. The van der Waals surface area contributed by atoms with Crippen molar-refractivity contribution in [3.63, 3.8) is 0 Å². The summed E-state index contributed by atoms with van der Waals surface area (Å²) in [4.78, 5) is 23.2. The Kier molecular flexibility index (Phi) is 3.31. The second-order valence-corrected chi connectivity index (χ2v) is 3.89. The van der Waals surface area contributed by atoms with Crippen molar-refractivity contribution in [3.05, 3.63) is 33.9 Å². The van der Waals surface area contributed by atoms with E-state index in [0.29, 0.717) is 25.4 Å². The summed E-state index contributed by atoms with van der Waals surface area (Å²) in [6, 6.07) is 4.75. The van der Waals surface area contributed by atoms with E-state index >= 15 is 0 Å². The second-order valence-electron chi connectivity index (χ2n) is 3.89. The molecule has 96 valence electrons. The molecule has 1 saturated heterocycles. The number of rotatable bonds is 4. The van der Waals surface area contributed by atoms with E-state index in [-0.39, 0.29) is 11.8 Å². The Morgan fingerprint density at radius 3 is 2.89 bits per heavy atom. The van der Waals surface area contributed by atoms with Crippen LogP contribution in [-0.4, -0.2) is 36.1 Å². The molecule has 1 aromatic rings. The van der Waals surface area contributed by atoms with Gasteiger partial charge in [0.1, 0.15) is 12.3 Å². The van der Waals surface area contributed by atoms with Crippen LogP contribution in [0.2, 0.25) is 0 Å². The number of amides is 1. The van der Waals surface area contributed by atoms with Gasteiger partial charge in [-0.05, 0) is 11.6 Å². The molecular weight excluding hydrogens is 238 g/mol. The molecule has 2 rings (SSSR count). The molecule has 0 spiro atoms. The minimum atomic E-state index is -0.445. The molecule has 1 fully saturated rings. The summed E-state index contributed by atoms with van der Waals surface area (Å²) >= 11 is 0. The minimum absolute atomic E-state index is 0.0187. The Hall–Kier alpha value is -2.31. The van der Waals surface area contributed by atoms with Gasteiger partial charge < -0.3 is 15.0 Å². The molecule has 0 aromatic heterocycles. The van der Waals surface area contributed by atoms with Gasteiger partial charge in [0.2, 0.25) is 0 Å². The average molecular weight is 251 g/mol. The first-order valence-corrected chi connectivity index (χ1v) is 5.48. The molecule has 1 aliphatic rings. The number of carbonyl (C=O) groups is 1. The van der Waals surface area contributed by atoms with Crippen molar-refractivity contribution in [3.8, 4) is 0 Å². The lowest BCUT2D eigenvalue weighted by Gasteiger charge is -2.13. The smallest absolute Gasteiger partial charge is 0.410 e. The van der Waals surface area contributed by atoms with E-state index in [9.17, 15) is 14.9 Å². The largest absolute Gasteiger partial charge is 0.448 e. The van der Waals surface area contributed by atoms with Gasteiger partial charge in [0.05, 0.1) is 11.5 Å². The standard InChI is InChI=1S/C11H13N3O4/c1-12-9-6-8(2-3-10(9)14(16)17)7-13-4-5-18-11(13)15/h2-3,6,12H,4-5,7H2,1H3. The van der Waals surface area contributed by atoms with Gasteiger partial charge >= 0.3 is 6.09 Å². The molecule has 1 amide bonds. The fraction of sp³-hybridized carbons (Fsp3) is 0.364. The highest BCUT2D eigenvalue weighted by Crippen LogP contribution is 2.25. The summed E-state index contributed by atoms with van der Waals surface area (Å²) in [7, 11) is 1.62. The number of nitrogens with one attached hydrogen (secondary N) is 1. The van der Waals surface area contributed by atoms with Crippen molar-refractivity contribution in [1.82, 2.24) is 4.90 Å². The molecule has 0 atom stereocenters. The zero-order chi connectivity index (χ0) is 13.1. The van der Waals surface area contributed by atoms with Crippen LogP contribution in [0, 0.1) is 10.1 Å². The van der Waals surface area contributed by atoms with E-state index in [0.717, 1.165) is 5.56 Å². The van der Waals surface area contributed by atoms with Crippen LogP contribution in [0.1, 0.15) is 5.56 Å². The van der Waals surface area contributed by atoms with Crippen molar-refractivity contribution in [1.29, 1.82) is 0 Å². The van der Waals surface area contributed by atoms with Gasteiger partial charge in [0, 0.05) is 19.7 Å². The number of ether oxygens (including phenoxy) is 1. The van der Waals surface area contributed by atoms with Crippen molar-refractivity contribution < 1.29 is 14.5 Å². The second kappa shape index (κ2) is 4.91. The highest BCUT2D eigenvalue weighted by Gasteiger charge is 2.22. The van der Waals surface area contributed by atoms with Gasteiger partial charge in [0.25, 0.3) is 5.69 Å². The van der Waals surface area contributed by atoms with Crippen LogP contribution in [0.4, 0.5) is 16.2 Å². The number of hydrogen-bond donors (Lipinski definition) is 1. The van der Waals surface area contributed by atoms with Crippen LogP contribution in [0.25, 0.3) is 0 Å². The predicted octanol–water partition coefficient (Wildman–Crippen LogP) is 1.59. The van der Waals surface area contributed by atoms with E-state index in [1.54, 1.807) is 24.1 Å². The van der Waals surface area contributed by atoms with Crippen LogP contribution < -0.4 is 5.32 Å². The first-order valence-electron chi connectivity index (χ1n) is 5.48. The molecular formula is C11H13N3O4. The van der Waals surface area contributed by atoms with Gasteiger partial charge in [0.15, 0.2) is 0 Å². The molecule has 0 bridgehead atoms. The van der Waals surface area contributed by atoms with E-state index in [1.807, 2.05) is 0 Å². The third kappa shape index (κ3) is 2.34. The van der Waals surface area contributed by atoms with E-state index in [4.69, 9.17) is 4.74 Å². The molecule has 1 heterocycles. The van der Waals surface area contributed by atoms with Gasteiger partial charge in [-0.2, -0.15) is 0 Å². The number of nitrogens with zero attached hydrogens (tertiary/aromatic N) is 2. The third-order valence-corrected chi connectivity index (χ3v) is 2.75. The fourth-order valence-corrected chi connectivity index (χ4v) is 1.83. The Morgan fingerprint density at radius 2 is 2.33 bits per heavy atom. The predicted molar refractivity (Wildman–Crippen MR) is 64.4 cm³/mol. The maximum atomic E-state index is 11.3. The number of nitro benzene ring substituents is 1. The Labute approximate surface area is 103 Å². The summed E-state index contributed by atoms with van der Waals surface area (Å²) < 4.78 is 4.82. The van der Waals surface area contributed by atoms with Crippen molar-refractivity contribution in [2.45, 2.75) is 6.54 Å². The maximum Gasteiger partial charge on any atom is 0.410 e. The van der Waals surface area contributed by atoms with E-state index in [1.165, 1.54) is 6.07 Å². The summed E-state index contributed by atoms with van der Waals surface area (Å²) in [5.74, 6) is 0. The van der Waals surface area contributed by atoms with Crippen LogP contribution in [0.15, 0.2) is 18.2 Å². The van der Waals surface area contributed by atoms with Crippen LogP contribution in [0.3, 0.4) is 0 Å². The third-order valence-electron chi connectivity index (χ3n) is 2.75. The monoisotopic (exact) mass is 251 g/mol. The van der Waals surface area contributed by atoms with Crippen molar-refractivity contribution in [2.75, 3.05) is 25.5 Å². The Bertz CT molecular complexity index is 489. The Morgan fingerprint density at radius 1 is 1.56 bits per heavy atom. The molecule has 0 radical (unpaired) electrons. The van der Waals surface area contributed by atoms with Gasteiger partial charge in [-0.25, -0.2) is 4.79 Å². The number of anilines is 1. The van der Waals surface area contributed by atoms with Gasteiger partial charge in [-0.1, -0.05) is 6.07 Å². The molecule has 0 saturated carbocycles. The fourth-order valence-electron chi connectivity index (χ4n) is 1.83. The normalized spacial score (nSPS) is 14.5. The number of cyclic esters (lactones) is 1. The topological polar surface area (TPSA) is 84.7 Å². The summed E-state index contributed by atoms with van der Waals surface area (Å²) in [6.07, 6.45) is -0.348. The van der Waals surface area contributed by atoms with Gasteiger partial charge in [-0.3, -0.25) is 10.1 Å². The molecule has 0 unspecified atom stereocenters. The molecule has 7 heteroatoms. The minimum Gasteiger partial charge on any atom is -0.448 e. The summed E-state index contributed by atoms with van der Waals surface area (Å²) in [6.45, 7) is 1.33. The lowest BCUT2D eigenvalue weighted by Crippen LogP contribution is -2.23. The first-order chi connectivity index (χ1) is 8.61. The van der Waals surface area contributed by atoms with E-state index in [2.05, 4.69) is 5.32 Å². The summed E-state index contributed by atoms with van der Waals surface area (Å²) in [5.41, 5.74) is 1.28. The number of carbonyl (C=O) groups excluding carboxylic acids is 1. The zero-order valence-corrected chi connectivity index (χ0v) is 9.88. The van der Waals surface area contributed by atoms with E-state index < -0.39 is 4.92 Å². The van der Waals surface area contributed by atoms with Crippen molar-refractivity contribution >= 4 is 17.5 Å². The molecule has 1 N–H and O–H groups in total. The highest BCUT2D eigenvalue weighted by atomic mass is 16.6. The quantitative estimate of drug-likeness (QED) is 0.648. The van der Waals surface area contributed by atoms with Crippen LogP contribution in [-0.2, 0) is 11.3 Å². The Balaban J connectivity index is 2.19. The van der Waals surface area contributed by atoms with Gasteiger partial charge in [-0.15, -0.1) is 0 Å². The van der Waals surface area contributed by atoms with Crippen molar-refractivity contribution in [2.24, 2.45) is 0 Å². The number of nitro groups is 1. The molecule has 7 nitrogen and oxygen atoms in total. The first kappa shape index (κ1) is 12.2. The number of benzene rings is 1.